The van der Waals surface area contributed by atoms with Crippen LogP contribution in [0.5, 0.6) is 0 Å². The maximum atomic E-state index is 12.5. The van der Waals surface area contributed by atoms with E-state index in [4.69, 9.17) is 5.11 Å². The molecule has 1 aliphatic rings. The van der Waals surface area contributed by atoms with Crippen LogP contribution < -0.4 is 0 Å². The highest BCUT2D eigenvalue weighted by Gasteiger charge is 2.38. The monoisotopic (exact) mass is 264 g/mol. The molecule has 1 aliphatic heterocycles. The minimum absolute atomic E-state index is 0.134. The molecule has 0 aromatic heterocycles. The van der Waals surface area contributed by atoms with E-state index in [-0.39, 0.29) is 12.2 Å². The lowest BCUT2D eigenvalue weighted by atomic mass is 9.79. The number of aliphatic carboxylic acids is 1. The van der Waals surface area contributed by atoms with Crippen molar-refractivity contribution in [2.75, 3.05) is 5.75 Å². The van der Waals surface area contributed by atoms with Crippen molar-refractivity contribution in [3.05, 3.63) is 29.8 Å². The molecule has 0 radical (unpaired) electrons. The molecule has 1 aromatic carbocycles. The Bertz CT molecular complexity index is 484. The number of Topliss-reactive ketones (excluding diaryl/α,β-unsaturated/α-hetero) is 1. The molecule has 1 atom stereocenters. The number of rotatable bonds is 4. The lowest BCUT2D eigenvalue weighted by Gasteiger charge is -2.32. The van der Waals surface area contributed by atoms with Crippen LogP contribution in [-0.2, 0) is 4.79 Å². The molecule has 1 heterocycles. The fraction of sp³-hybridized carbons (Fsp3) is 0.429. The van der Waals surface area contributed by atoms with Gasteiger partial charge in [0.2, 0.25) is 0 Å². The zero-order chi connectivity index (χ0) is 13.2. The molecule has 0 aliphatic carbocycles. The molecule has 1 unspecified atom stereocenters. The summed E-state index contributed by atoms with van der Waals surface area (Å²) in [5.41, 5.74) is 0.362. The largest absolute Gasteiger partial charge is 0.481 e. The zero-order valence-corrected chi connectivity index (χ0v) is 11.1. The van der Waals surface area contributed by atoms with E-state index in [9.17, 15) is 9.59 Å². The molecular weight excluding hydrogens is 248 g/mol. The lowest BCUT2D eigenvalue weighted by molar-refractivity contribution is -0.137. The highest BCUT2D eigenvalue weighted by Crippen LogP contribution is 2.42. The maximum absolute atomic E-state index is 12.5. The second-order valence-electron chi connectivity index (χ2n) is 4.92. The molecule has 18 heavy (non-hydrogen) atoms. The van der Waals surface area contributed by atoms with Gasteiger partial charge in [0.05, 0.1) is 0 Å². The van der Waals surface area contributed by atoms with Gasteiger partial charge in [0.1, 0.15) is 0 Å². The van der Waals surface area contributed by atoms with Gasteiger partial charge in [0.15, 0.2) is 5.78 Å². The number of ketones is 1. The first-order chi connectivity index (χ1) is 8.53. The molecule has 0 saturated heterocycles. The van der Waals surface area contributed by atoms with Crippen LogP contribution in [0.25, 0.3) is 0 Å². The number of hydrogen-bond acceptors (Lipinski definition) is 3. The predicted molar refractivity (Wildman–Crippen MR) is 71.1 cm³/mol. The number of benzene rings is 1. The first-order valence-electron chi connectivity index (χ1n) is 6.01. The van der Waals surface area contributed by atoms with E-state index >= 15 is 0 Å². The second kappa shape index (κ2) is 5.14. The Morgan fingerprint density at radius 3 is 2.89 bits per heavy atom. The molecule has 0 amide bonds. The Labute approximate surface area is 111 Å². The summed E-state index contributed by atoms with van der Waals surface area (Å²) in [6.45, 7) is 1.94. The van der Waals surface area contributed by atoms with Gasteiger partial charge in [-0.25, -0.2) is 0 Å². The third-order valence-electron chi connectivity index (χ3n) is 3.35. The fourth-order valence-corrected chi connectivity index (χ4v) is 3.46. The van der Waals surface area contributed by atoms with E-state index in [1.807, 2.05) is 31.2 Å². The van der Waals surface area contributed by atoms with Gasteiger partial charge in [-0.1, -0.05) is 25.1 Å². The predicted octanol–water partition coefficient (Wildman–Crippen LogP) is 3.24. The highest BCUT2D eigenvalue weighted by atomic mass is 32.2. The summed E-state index contributed by atoms with van der Waals surface area (Å²) in [6.07, 6.45) is 1.33. The number of hydrogen-bond donors (Lipinski definition) is 1. The van der Waals surface area contributed by atoms with Gasteiger partial charge < -0.3 is 5.11 Å². The van der Waals surface area contributed by atoms with Crippen LogP contribution in [-0.4, -0.2) is 22.6 Å². The van der Waals surface area contributed by atoms with Crippen molar-refractivity contribution in [3.63, 3.8) is 0 Å². The third-order valence-corrected chi connectivity index (χ3v) is 4.79. The van der Waals surface area contributed by atoms with Crippen LogP contribution in [0.1, 0.15) is 36.5 Å². The van der Waals surface area contributed by atoms with E-state index < -0.39 is 11.4 Å². The Morgan fingerprint density at radius 1 is 1.44 bits per heavy atom. The van der Waals surface area contributed by atoms with E-state index in [0.29, 0.717) is 12.8 Å². The van der Waals surface area contributed by atoms with Gasteiger partial charge >= 0.3 is 5.97 Å². The molecule has 2 rings (SSSR count). The van der Waals surface area contributed by atoms with Crippen LogP contribution in [0, 0.1) is 5.41 Å². The Balaban J connectivity index is 2.12. The van der Waals surface area contributed by atoms with Crippen LogP contribution >= 0.6 is 11.8 Å². The van der Waals surface area contributed by atoms with Gasteiger partial charge in [-0.3, -0.25) is 9.59 Å². The number of thioether (sulfide) groups is 1. The van der Waals surface area contributed by atoms with Crippen LogP contribution in [0.4, 0.5) is 0 Å². The van der Waals surface area contributed by atoms with Gasteiger partial charge in [0.25, 0.3) is 0 Å². The molecule has 0 spiro atoms. The molecule has 3 nitrogen and oxygen atoms in total. The zero-order valence-electron chi connectivity index (χ0n) is 10.3. The second-order valence-corrected chi connectivity index (χ2v) is 5.94. The Hall–Kier alpha value is -1.29. The van der Waals surface area contributed by atoms with Gasteiger partial charge in [-0.05, 0) is 18.9 Å². The summed E-state index contributed by atoms with van der Waals surface area (Å²) in [5.74, 6) is 0.0970. The molecule has 0 bridgehead atoms. The normalized spacial score (nSPS) is 22.6. The van der Waals surface area contributed by atoms with E-state index in [2.05, 4.69) is 0 Å². The smallest absolute Gasteiger partial charge is 0.303 e. The number of carbonyl (C=O) groups is 2. The van der Waals surface area contributed by atoms with E-state index in [1.54, 1.807) is 11.8 Å². The summed E-state index contributed by atoms with van der Waals surface area (Å²) in [4.78, 5) is 24.0. The average molecular weight is 264 g/mol. The molecule has 0 saturated carbocycles. The maximum Gasteiger partial charge on any atom is 0.303 e. The number of carboxylic acids is 1. The van der Waals surface area contributed by atoms with Crippen LogP contribution in [0.3, 0.4) is 0 Å². The summed E-state index contributed by atoms with van der Waals surface area (Å²) < 4.78 is 0. The summed E-state index contributed by atoms with van der Waals surface area (Å²) >= 11 is 1.69. The standard InChI is InChI=1S/C14H16O3S/c1-14(8-4-7-12(15)16)9-18-11-6-3-2-5-10(11)13(14)17/h2-3,5-6H,4,7-9H2,1H3,(H,15,16). The Kier molecular flexibility index (Phi) is 3.76. The quantitative estimate of drug-likeness (QED) is 0.907. The van der Waals surface area contributed by atoms with E-state index in [0.717, 1.165) is 16.2 Å². The number of fused-ring (bicyclic) bond motifs is 1. The summed E-state index contributed by atoms with van der Waals surface area (Å²) in [6, 6.07) is 7.64. The molecular formula is C14H16O3S. The minimum Gasteiger partial charge on any atom is -0.481 e. The lowest BCUT2D eigenvalue weighted by Crippen LogP contribution is -2.34. The first-order valence-corrected chi connectivity index (χ1v) is 7.00. The van der Waals surface area contributed by atoms with Crippen LogP contribution in [0.15, 0.2) is 29.2 Å². The van der Waals surface area contributed by atoms with Gasteiger partial charge in [0, 0.05) is 28.0 Å². The van der Waals surface area contributed by atoms with Crippen molar-refractivity contribution in [2.45, 2.75) is 31.1 Å². The van der Waals surface area contributed by atoms with Crippen LogP contribution in [0.2, 0.25) is 0 Å². The number of carbonyl (C=O) groups excluding carboxylic acids is 1. The molecule has 1 N–H and O–H groups in total. The molecule has 96 valence electrons. The van der Waals surface area contributed by atoms with Crippen molar-refractivity contribution in [1.82, 2.24) is 0 Å². The first kappa shape index (κ1) is 13.1. The molecule has 0 fully saturated rings. The van der Waals surface area contributed by atoms with Crippen molar-refractivity contribution in [1.29, 1.82) is 0 Å². The van der Waals surface area contributed by atoms with Crippen molar-refractivity contribution < 1.29 is 14.7 Å². The van der Waals surface area contributed by atoms with Gasteiger partial charge in [-0.2, -0.15) is 0 Å². The van der Waals surface area contributed by atoms with E-state index in [1.165, 1.54) is 0 Å². The molecule has 1 aromatic rings. The van der Waals surface area contributed by atoms with Crippen molar-refractivity contribution in [3.8, 4) is 0 Å². The van der Waals surface area contributed by atoms with Gasteiger partial charge in [-0.15, -0.1) is 11.8 Å². The SMILES string of the molecule is CC1(CCCC(=O)O)CSc2ccccc2C1=O. The van der Waals surface area contributed by atoms with Crippen molar-refractivity contribution in [2.24, 2.45) is 5.41 Å². The van der Waals surface area contributed by atoms with Crippen molar-refractivity contribution >= 4 is 23.5 Å². The highest BCUT2D eigenvalue weighted by molar-refractivity contribution is 7.99. The minimum atomic E-state index is -0.796. The molecule has 4 heteroatoms. The fourth-order valence-electron chi connectivity index (χ4n) is 2.22. The Morgan fingerprint density at radius 2 is 2.17 bits per heavy atom. The summed E-state index contributed by atoms with van der Waals surface area (Å²) in [7, 11) is 0. The third kappa shape index (κ3) is 2.58. The number of carboxylic acid groups (broad SMARTS) is 1. The topological polar surface area (TPSA) is 54.4 Å². The summed E-state index contributed by atoms with van der Waals surface area (Å²) in [5, 5.41) is 8.66. The average Bonchev–Trinajstić information content (AvgIpc) is 2.34.